The summed E-state index contributed by atoms with van der Waals surface area (Å²) >= 11 is 0. The lowest BCUT2D eigenvalue weighted by molar-refractivity contribution is 0.100. The summed E-state index contributed by atoms with van der Waals surface area (Å²) in [5.41, 5.74) is 0.442. The maximum Gasteiger partial charge on any atom is 0.177 e. The number of carbonyl (C=O) groups is 1. The van der Waals surface area contributed by atoms with Crippen molar-refractivity contribution in [2.24, 2.45) is 7.05 Å². The summed E-state index contributed by atoms with van der Waals surface area (Å²) in [6.07, 6.45) is 1.39. The van der Waals surface area contributed by atoms with Crippen LogP contribution in [-0.2, 0) is 13.7 Å². The SMILES string of the molecule is CC(=O)c1cnc(CF)n1C. The van der Waals surface area contributed by atoms with Crippen LogP contribution in [0.5, 0.6) is 0 Å². The Hall–Kier alpha value is -1.19. The predicted molar refractivity (Wildman–Crippen MR) is 38.0 cm³/mol. The number of carbonyl (C=O) groups excluding carboxylic acids is 1. The number of hydrogen-bond acceptors (Lipinski definition) is 2. The third-order valence-electron chi connectivity index (χ3n) is 1.56. The molecule has 0 fully saturated rings. The third kappa shape index (κ3) is 1.29. The largest absolute Gasteiger partial charge is 0.327 e. The molecule has 11 heavy (non-hydrogen) atoms. The van der Waals surface area contributed by atoms with Crippen molar-refractivity contribution in [3.63, 3.8) is 0 Å². The summed E-state index contributed by atoms with van der Waals surface area (Å²) in [6.45, 7) is 0.794. The van der Waals surface area contributed by atoms with Gasteiger partial charge in [0.2, 0.25) is 0 Å². The van der Waals surface area contributed by atoms with Gasteiger partial charge in [0, 0.05) is 14.0 Å². The van der Waals surface area contributed by atoms with Crippen molar-refractivity contribution in [1.29, 1.82) is 0 Å². The van der Waals surface area contributed by atoms with Gasteiger partial charge in [-0.1, -0.05) is 0 Å². The molecule has 1 aromatic heterocycles. The first-order valence-electron chi connectivity index (χ1n) is 3.24. The van der Waals surface area contributed by atoms with E-state index in [-0.39, 0.29) is 11.6 Å². The molecule has 1 aromatic rings. The van der Waals surface area contributed by atoms with E-state index in [0.29, 0.717) is 5.69 Å². The zero-order valence-corrected chi connectivity index (χ0v) is 6.47. The van der Waals surface area contributed by atoms with Crippen LogP contribution < -0.4 is 0 Å². The van der Waals surface area contributed by atoms with Crippen LogP contribution in [0.2, 0.25) is 0 Å². The van der Waals surface area contributed by atoms with Crippen LogP contribution in [0.3, 0.4) is 0 Å². The van der Waals surface area contributed by atoms with Gasteiger partial charge < -0.3 is 4.57 Å². The second-order valence-corrected chi connectivity index (χ2v) is 2.31. The average molecular weight is 156 g/mol. The number of nitrogens with zero attached hydrogens (tertiary/aromatic N) is 2. The maximum absolute atomic E-state index is 12.1. The third-order valence-corrected chi connectivity index (χ3v) is 1.56. The lowest BCUT2D eigenvalue weighted by Crippen LogP contribution is -2.03. The van der Waals surface area contributed by atoms with E-state index in [4.69, 9.17) is 0 Å². The molecule has 0 bridgehead atoms. The van der Waals surface area contributed by atoms with E-state index >= 15 is 0 Å². The number of imidazole rings is 1. The Morgan fingerprint density at radius 3 is 2.73 bits per heavy atom. The second kappa shape index (κ2) is 2.82. The highest BCUT2D eigenvalue weighted by Gasteiger charge is 2.08. The van der Waals surface area contributed by atoms with E-state index < -0.39 is 6.67 Å². The van der Waals surface area contributed by atoms with Gasteiger partial charge in [-0.15, -0.1) is 0 Å². The number of hydrogen-bond donors (Lipinski definition) is 0. The van der Waals surface area contributed by atoms with Crippen molar-refractivity contribution in [2.75, 3.05) is 0 Å². The molecule has 0 aliphatic heterocycles. The van der Waals surface area contributed by atoms with Crippen molar-refractivity contribution < 1.29 is 9.18 Å². The topological polar surface area (TPSA) is 34.9 Å². The van der Waals surface area contributed by atoms with E-state index in [1.165, 1.54) is 17.7 Å². The molecule has 1 heterocycles. The molecule has 0 atom stereocenters. The standard InChI is InChI=1S/C7H9FN2O/c1-5(11)6-4-9-7(3-8)10(6)2/h4H,3H2,1-2H3. The number of halogens is 1. The molecular formula is C7H9FN2O. The van der Waals surface area contributed by atoms with Gasteiger partial charge in [-0.25, -0.2) is 9.37 Å². The van der Waals surface area contributed by atoms with Crippen molar-refractivity contribution in [1.82, 2.24) is 9.55 Å². The summed E-state index contributed by atoms with van der Waals surface area (Å²) in [7, 11) is 1.62. The number of aromatic nitrogens is 2. The Kier molecular flexibility index (Phi) is 2.03. The molecule has 0 aliphatic rings. The number of ketones is 1. The molecule has 1 rings (SSSR count). The van der Waals surface area contributed by atoms with Crippen molar-refractivity contribution in [3.8, 4) is 0 Å². The Balaban J connectivity index is 3.10. The number of rotatable bonds is 2. The Morgan fingerprint density at radius 1 is 1.82 bits per heavy atom. The van der Waals surface area contributed by atoms with Crippen LogP contribution in [-0.4, -0.2) is 15.3 Å². The molecule has 0 unspecified atom stereocenters. The summed E-state index contributed by atoms with van der Waals surface area (Å²) in [6, 6.07) is 0. The summed E-state index contributed by atoms with van der Waals surface area (Å²) in [5.74, 6) is 0.190. The Labute approximate surface area is 63.9 Å². The van der Waals surface area contributed by atoms with E-state index in [9.17, 15) is 9.18 Å². The molecule has 0 saturated carbocycles. The number of Topliss-reactive ketones (excluding diaryl/α,β-unsaturated/α-hetero) is 1. The first kappa shape index (κ1) is 7.91. The van der Waals surface area contributed by atoms with Gasteiger partial charge in [0.15, 0.2) is 5.78 Å². The van der Waals surface area contributed by atoms with E-state index in [2.05, 4.69) is 4.98 Å². The second-order valence-electron chi connectivity index (χ2n) is 2.31. The summed E-state index contributed by atoms with van der Waals surface area (Å²) < 4.78 is 13.5. The van der Waals surface area contributed by atoms with E-state index in [1.54, 1.807) is 7.05 Å². The van der Waals surface area contributed by atoms with Crippen molar-refractivity contribution >= 4 is 5.78 Å². The zero-order valence-electron chi connectivity index (χ0n) is 6.47. The van der Waals surface area contributed by atoms with Gasteiger partial charge in [0.1, 0.15) is 18.2 Å². The van der Waals surface area contributed by atoms with Gasteiger partial charge in [-0.3, -0.25) is 4.79 Å². The van der Waals surface area contributed by atoms with Crippen LogP contribution in [0, 0.1) is 0 Å². The van der Waals surface area contributed by atoms with Gasteiger partial charge in [-0.05, 0) is 0 Å². The van der Waals surface area contributed by atoms with Gasteiger partial charge in [0.25, 0.3) is 0 Å². The molecule has 4 heteroatoms. The molecule has 3 nitrogen and oxygen atoms in total. The van der Waals surface area contributed by atoms with Crippen LogP contribution in [0.1, 0.15) is 23.2 Å². The van der Waals surface area contributed by atoms with Crippen molar-refractivity contribution in [3.05, 3.63) is 17.7 Å². The molecule has 0 amide bonds. The highest BCUT2D eigenvalue weighted by atomic mass is 19.1. The van der Waals surface area contributed by atoms with Crippen LogP contribution in [0.4, 0.5) is 4.39 Å². The molecule has 0 aromatic carbocycles. The molecule has 0 N–H and O–H groups in total. The maximum atomic E-state index is 12.1. The van der Waals surface area contributed by atoms with E-state index in [1.807, 2.05) is 0 Å². The molecule has 60 valence electrons. The van der Waals surface area contributed by atoms with Crippen LogP contribution in [0.25, 0.3) is 0 Å². The first-order chi connectivity index (χ1) is 5.16. The van der Waals surface area contributed by atoms with Crippen LogP contribution >= 0.6 is 0 Å². The van der Waals surface area contributed by atoms with Gasteiger partial charge >= 0.3 is 0 Å². The van der Waals surface area contributed by atoms with Crippen LogP contribution in [0.15, 0.2) is 6.20 Å². The summed E-state index contributed by atoms with van der Waals surface area (Å²) in [5, 5.41) is 0. The fourth-order valence-electron chi connectivity index (χ4n) is 0.899. The molecular weight excluding hydrogens is 147 g/mol. The lowest BCUT2D eigenvalue weighted by Gasteiger charge is -1.98. The average Bonchev–Trinajstić information content (AvgIpc) is 2.30. The normalized spacial score (nSPS) is 10.1. The van der Waals surface area contributed by atoms with Crippen molar-refractivity contribution in [2.45, 2.75) is 13.6 Å². The highest BCUT2D eigenvalue weighted by molar-refractivity contribution is 5.92. The fourth-order valence-corrected chi connectivity index (χ4v) is 0.899. The van der Waals surface area contributed by atoms with Gasteiger partial charge in [-0.2, -0.15) is 0 Å². The number of alkyl halides is 1. The minimum atomic E-state index is -0.635. The molecule has 0 aliphatic carbocycles. The smallest absolute Gasteiger partial charge is 0.177 e. The van der Waals surface area contributed by atoms with Gasteiger partial charge in [0.05, 0.1) is 6.20 Å². The minimum absolute atomic E-state index is 0.0975. The monoisotopic (exact) mass is 156 g/mol. The fraction of sp³-hybridized carbons (Fsp3) is 0.429. The first-order valence-corrected chi connectivity index (χ1v) is 3.24. The molecule has 0 saturated heterocycles. The molecule has 0 spiro atoms. The Bertz CT molecular complexity index is 280. The Morgan fingerprint density at radius 2 is 2.45 bits per heavy atom. The highest BCUT2D eigenvalue weighted by Crippen LogP contribution is 2.04. The minimum Gasteiger partial charge on any atom is -0.327 e. The zero-order chi connectivity index (χ0) is 8.43. The molecule has 0 radical (unpaired) electrons. The lowest BCUT2D eigenvalue weighted by atomic mass is 10.3. The summed E-state index contributed by atoms with van der Waals surface area (Å²) in [4.78, 5) is 14.5. The van der Waals surface area contributed by atoms with E-state index in [0.717, 1.165) is 0 Å². The predicted octanol–water partition coefficient (Wildman–Crippen LogP) is 1.09. The quantitative estimate of drug-likeness (QED) is 0.601.